The van der Waals surface area contributed by atoms with E-state index in [1.165, 1.54) is 10.4 Å². The minimum atomic E-state index is -3.62. The summed E-state index contributed by atoms with van der Waals surface area (Å²) < 4.78 is 26.7. The van der Waals surface area contributed by atoms with Gasteiger partial charge in [0.05, 0.1) is 10.6 Å². The second-order valence-corrected chi connectivity index (χ2v) is 6.26. The quantitative estimate of drug-likeness (QED) is 0.876. The van der Waals surface area contributed by atoms with Crippen molar-refractivity contribution in [2.75, 3.05) is 16.6 Å². The second kappa shape index (κ2) is 5.50. The van der Waals surface area contributed by atoms with Crippen LogP contribution in [0.5, 0.6) is 0 Å². The molecule has 0 aliphatic carbocycles. The molecule has 2 N–H and O–H groups in total. The van der Waals surface area contributed by atoms with Crippen molar-refractivity contribution in [3.05, 3.63) is 48.3 Å². The molecular formula is C14H17N3O2S. The zero-order valence-electron chi connectivity index (χ0n) is 11.4. The van der Waals surface area contributed by atoms with E-state index in [9.17, 15) is 8.42 Å². The van der Waals surface area contributed by atoms with Gasteiger partial charge in [-0.25, -0.2) is 8.42 Å². The summed E-state index contributed by atoms with van der Waals surface area (Å²) in [6, 6.07) is 8.11. The molecule has 1 heterocycles. The number of sulfonamides is 1. The molecule has 0 spiro atoms. The molecule has 0 saturated carbocycles. The van der Waals surface area contributed by atoms with Gasteiger partial charge in [-0.05, 0) is 43.7 Å². The Kier molecular flexibility index (Phi) is 3.94. The first-order valence-corrected chi connectivity index (χ1v) is 7.69. The van der Waals surface area contributed by atoms with Crippen LogP contribution in [0, 0.1) is 6.92 Å². The number of hydrogen-bond donors (Lipinski definition) is 1. The summed E-state index contributed by atoms with van der Waals surface area (Å²) in [5.74, 6) is 0. The average molecular weight is 291 g/mol. The van der Waals surface area contributed by atoms with E-state index in [2.05, 4.69) is 4.98 Å². The third kappa shape index (κ3) is 2.60. The van der Waals surface area contributed by atoms with Gasteiger partial charge in [-0.2, -0.15) is 0 Å². The zero-order valence-corrected chi connectivity index (χ0v) is 12.3. The Morgan fingerprint density at radius 3 is 2.40 bits per heavy atom. The fraction of sp³-hybridized carbons (Fsp3) is 0.214. The summed E-state index contributed by atoms with van der Waals surface area (Å²) in [4.78, 5) is 4.09. The maximum Gasteiger partial charge on any atom is 0.264 e. The van der Waals surface area contributed by atoms with Crippen molar-refractivity contribution in [3.8, 4) is 0 Å². The lowest BCUT2D eigenvalue weighted by atomic mass is 10.2. The highest BCUT2D eigenvalue weighted by molar-refractivity contribution is 7.92. The molecule has 106 valence electrons. The van der Waals surface area contributed by atoms with E-state index in [1.807, 2.05) is 6.92 Å². The van der Waals surface area contributed by atoms with Crippen molar-refractivity contribution in [2.45, 2.75) is 18.7 Å². The van der Waals surface area contributed by atoms with E-state index in [0.29, 0.717) is 17.9 Å². The molecule has 0 aliphatic rings. The SMILES string of the molecule is CCN(c1ccncc1)S(=O)(=O)c1ccc(C)c(N)c1. The van der Waals surface area contributed by atoms with Crippen LogP contribution in [0.15, 0.2) is 47.6 Å². The molecule has 0 aliphatic heterocycles. The number of nitrogens with zero attached hydrogens (tertiary/aromatic N) is 2. The standard InChI is InChI=1S/C14H17N3O2S/c1-3-17(12-6-8-16-9-7-12)20(18,19)13-5-4-11(2)14(15)10-13/h4-10H,3,15H2,1-2H3. The number of benzene rings is 1. The molecule has 2 rings (SSSR count). The predicted molar refractivity (Wildman–Crippen MR) is 80.0 cm³/mol. The summed E-state index contributed by atoms with van der Waals surface area (Å²) >= 11 is 0. The lowest BCUT2D eigenvalue weighted by molar-refractivity contribution is 0.592. The van der Waals surface area contributed by atoms with Crippen LogP contribution < -0.4 is 10.0 Å². The number of nitrogens with two attached hydrogens (primary N) is 1. The van der Waals surface area contributed by atoms with E-state index in [-0.39, 0.29) is 4.90 Å². The van der Waals surface area contributed by atoms with Crippen LogP contribution in [0.2, 0.25) is 0 Å². The van der Waals surface area contributed by atoms with Gasteiger partial charge in [-0.1, -0.05) is 6.07 Å². The summed E-state index contributed by atoms with van der Waals surface area (Å²) in [7, 11) is -3.62. The highest BCUT2D eigenvalue weighted by Crippen LogP contribution is 2.25. The number of pyridine rings is 1. The monoisotopic (exact) mass is 291 g/mol. The molecule has 1 aromatic heterocycles. The first-order chi connectivity index (χ1) is 9.46. The summed E-state index contributed by atoms with van der Waals surface area (Å²) in [6.07, 6.45) is 3.13. The first kappa shape index (κ1) is 14.3. The van der Waals surface area contributed by atoms with Gasteiger partial charge in [0.15, 0.2) is 0 Å². The minimum absolute atomic E-state index is 0.194. The number of aryl methyl sites for hydroxylation is 1. The Morgan fingerprint density at radius 1 is 1.20 bits per heavy atom. The molecule has 0 unspecified atom stereocenters. The average Bonchev–Trinajstić information content (AvgIpc) is 2.43. The van der Waals surface area contributed by atoms with Gasteiger partial charge >= 0.3 is 0 Å². The van der Waals surface area contributed by atoms with E-state index < -0.39 is 10.0 Å². The van der Waals surface area contributed by atoms with E-state index >= 15 is 0 Å². The maximum absolute atomic E-state index is 12.7. The molecule has 1 aromatic carbocycles. The number of nitrogen functional groups attached to an aromatic ring is 1. The Bertz CT molecular complexity index is 700. The molecule has 0 radical (unpaired) electrons. The summed E-state index contributed by atoms with van der Waals surface area (Å²) in [5, 5.41) is 0. The lowest BCUT2D eigenvalue weighted by Gasteiger charge is -2.23. The molecule has 0 saturated heterocycles. The summed E-state index contributed by atoms with van der Waals surface area (Å²) in [6.45, 7) is 3.96. The number of hydrogen-bond acceptors (Lipinski definition) is 4. The predicted octanol–water partition coefficient (Wildman–Crippen LogP) is 2.19. The molecule has 2 aromatic rings. The molecular weight excluding hydrogens is 274 g/mol. The Balaban J connectivity index is 2.50. The second-order valence-electron chi connectivity index (χ2n) is 4.39. The lowest BCUT2D eigenvalue weighted by Crippen LogP contribution is -2.30. The van der Waals surface area contributed by atoms with Crippen LogP contribution in [0.25, 0.3) is 0 Å². The third-order valence-electron chi connectivity index (χ3n) is 3.08. The van der Waals surface area contributed by atoms with Gasteiger partial charge in [0, 0.05) is 24.6 Å². The van der Waals surface area contributed by atoms with Crippen LogP contribution in [0.1, 0.15) is 12.5 Å². The Hall–Kier alpha value is -2.08. The van der Waals surface area contributed by atoms with Gasteiger partial charge in [-0.3, -0.25) is 9.29 Å². The van der Waals surface area contributed by atoms with Gasteiger partial charge in [0.1, 0.15) is 0 Å². The van der Waals surface area contributed by atoms with Gasteiger partial charge in [0.2, 0.25) is 0 Å². The Labute approximate surface area is 119 Å². The van der Waals surface area contributed by atoms with Crippen molar-refractivity contribution in [1.82, 2.24) is 4.98 Å². The molecule has 20 heavy (non-hydrogen) atoms. The van der Waals surface area contributed by atoms with Crippen LogP contribution >= 0.6 is 0 Å². The van der Waals surface area contributed by atoms with Crippen LogP contribution in [-0.4, -0.2) is 19.9 Å². The highest BCUT2D eigenvalue weighted by atomic mass is 32.2. The van der Waals surface area contributed by atoms with Crippen LogP contribution in [0.3, 0.4) is 0 Å². The molecule has 5 nitrogen and oxygen atoms in total. The van der Waals surface area contributed by atoms with Crippen molar-refractivity contribution in [1.29, 1.82) is 0 Å². The molecule has 0 fully saturated rings. The fourth-order valence-electron chi connectivity index (χ4n) is 1.91. The van der Waals surface area contributed by atoms with E-state index in [1.54, 1.807) is 43.6 Å². The van der Waals surface area contributed by atoms with E-state index in [4.69, 9.17) is 5.73 Å². The van der Waals surface area contributed by atoms with Crippen molar-refractivity contribution >= 4 is 21.4 Å². The third-order valence-corrected chi connectivity index (χ3v) is 4.98. The largest absolute Gasteiger partial charge is 0.398 e. The van der Waals surface area contributed by atoms with Crippen molar-refractivity contribution in [3.63, 3.8) is 0 Å². The van der Waals surface area contributed by atoms with Crippen molar-refractivity contribution in [2.24, 2.45) is 0 Å². The normalized spacial score (nSPS) is 11.3. The number of anilines is 2. The summed E-state index contributed by atoms with van der Waals surface area (Å²) in [5.41, 5.74) is 7.72. The van der Waals surface area contributed by atoms with Crippen LogP contribution in [0.4, 0.5) is 11.4 Å². The van der Waals surface area contributed by atoms with Crippen molar-refractivity contribution < 1.29 is 8.42 Å². The van der Waals surface area contributed by atoms with Crippen LogP contribution in [-0.2, 0) is 10.0 Å². The maximum atomic E-state index is 12.7. The van der Waals surface area contributed by atoms with Gasteiger partial charge < -0.3 is 5.73 Å². The van der Waals surface area contributed by atoms with E-state index in [0.717, 1.165) is 5.56 Å². The van der Waals surface area contributed by atoms with Gasteiger partial charge in [-0.15, -0.1) is 0 Å². The molecule has 0 atom stereocenters. The molecule has 6 heteroatoms. The minimum Gasteiger partial charge on any atom is -0.398 e. The molecule has 0 amide bonds. The highest BCUT2D eigenvalue weighted by Gasteiger charge is 2.23. The molecule has 0 bridgehead atoms. The van der Waals surface area contributed by atoms with Gasteiger partial charge in [0.25, 0.3) is 10.0 Å². The number of aromatic nitrogens is 1. The topological polar surface area (TPSA) is 76.3 Å². The Morgan fingerprint density at radius 2 is 1.85 bits per heavy atom. The first-order valence-electron chi connectivity index (χ1n) is 6.25. The number of rotatable bonds is 4. The smallest absolute Gasteiger partial charge is 0.264 e. The zero-order chi connectivity index (χ0) is 14.8. The fourth-order valence-corrected chi connectivity index (χ4v) is 3.42.